The fraction of sp³-hybridized carbons (Fsp3) is 0.269. The van der Waals surface area contributed by atoms with Crippen molar-refractivity contribution in [3.8, 4) is 11.5 Å². The van der Waals surface area contributed by atoms with Gasteiger partial charge in [0.15, 0.2) is 22.3 Å². The van der Waals surface area contributed by atoms with Crippen LogP contribution in [0.15, 0.2) is 47.8 Å². The number of nitrogens with zero attached hydrogens (tertiary/aromatic N) is 3. The fourth-order valence-corrected chi connectivity index (χ4v) is 5.01. The fourth-order valence-electron chi connectivity index (χ4n) is 4.33. The lowest BCUT2D eigenvalue weighted by Gasteiger charge is -2.25. The molecule has 13 heteroatoms. The van der Waals surface area contributed by atoms with Gasteiger partial charge in [-0.05, 0) is 35.4 Å². The normalized spacial score (nSPS) is 17.0. The third-order valence-corrected chi connectivity index (χ3v) is 7.08. The number of carbonyl (C=O) groups is 4. The van der Waals surface area contributed by atoms with Gasteiger partial charge >= 0.3 is 12.0 Å². The number of hydrogen-bond donors (Lipinski definition) is 3. The van der Waals surface area contributed by atoms with Crippen LogP contribution in [-0.2, 0) is 16.0 Å². The van der Waals surface area contributed by atoms with E-state index in [9.17, 15) is 19.2 Å². The molecule has 2 atom stereocenters. The summed E-state index contributed by atoms with van der Waals surface area (Å²) in [6.07, 6.45) is 0.0315. The number of thiazole rings is 1. The Hall–Kier alpha value is -4.65. The zero-order valence-corrected chi connectivity index (χ0v) is 21.9. The van der Waals surface area contributed by atoms with Crippen LogP contribution in [0.2, 0.25) is 0 Å². The van der Waals surface area contributed by atoms with Crippen LogP contribution in [0, 0.1) is 0 Å². The number of carboxylic acid groups (broad SMARTS) is 1. The van der Waals surface area contributed by atoms with E-state index in [0.717, 1.165) is 27.5 Å². The quantitative estimate of drug-likeness (QED) is 0.359. The summed E-state index contributed by atoms with van der Waals surface area (Å²) in [6.45, 7) is 0.779. The lowest BCUT2D eigenvalue weighted by Crippen LogP contribution is -2.49. The van der Waals surface area contributed by atoms with E-state index in [4.69, 9.17) is 14.6 Å². The SMILES string of the molecule is CN(C)c1ccc(CC(C(=O)Nc2nc(C(=O)O)cs2)N2C(=O)NC(c3ccc4c(c3)OCCO4)C2=O)cc1. The third-order valence-electron chi connectivity index (χ3n) is 6.32. The van der Waals surface area contributed by atoms with Crippen molar-refractivity contribution in [3.05, 3.63) is 64.7 Å². The van der Waals surface area contributed by atoms with E-state index in [2.05, 4.69) is 15.6 Å². The molecule has 0 radical (unpaired) electrons. The highest BCUT2D eigenvalue weighted by molar-refractivity contribution is 7.14. The first-order chi connectivity index (χ1) is 18.7. The molecular formula is C26H25N5O7S. The van der Waals surface area contributed by atoms with Gasteiger partial charge in [0.05, 0.1) is 0 Å². The van der Waals surface area contributed by atoms with Gasteiger partial charge in [-0.15, -0.1) is 11.3 Å². The number of carboxylic acids is 1. The van der Waals surface area contributed by atoms with E-state index in [0.29, 0.717) is 30.3 Å². The Labute approximate surface area is 227 Å². The Morgan fingerprint density at radius 3 is 2.54 bits per heavy atom. The number of aromatic carboxylic acids is 1. The maximum absolute atomic E-state index is 13.6. The Morgan fingerprint density at radius 1 is 1.15 bits per heavy atom. The first-order valence-corrected chi connectivity index (χ1v) is 12.9. The average molecular weight is 552 g/mol. The van der Waals surface area contributed by atoms with Crippen LogP contribution in [0.1, 0.15) is 27.7 Å². The first-order valence-electron chi connectivity index (χ1n) is 12.0. The van der Waals surface area contributed by atoms with Crippen LogP contribution in [0.4, 0.5) is 15.6 Å². The molecule has 2 aliphatic heterocycles. The molecule has 3 heterocycles. The smallest absolute Gasteiger partial charge is 0.355 e. The van der Waals surface area contributed by atoms with Gasteiger partial charge < -0.3 is 30.1 Å². The van der Waals surface area contributed by atoms with Gasteiger partial charge in [-0.2, -0.15) is 0 Å². The molecule has 1 aromatic heterocycles. The summed E-state index contributed by atoms with van der Waals surface area (Å²) < 4.78 is 11.1. The number of rotatable bonds is 8. The second-order valence-corrected chi connectivity index (χ2v) is 9.97. The molecule has 4 amide bonds. The van der Waals surface area contributed by atoms with E-state index in [1.165, 1.54) is 5.38 Å². The molecule has 2 aliphatic rings. The van der Waals surface area contributed by atoms with Crippen molar-refractivity contribution in [2.24, 2.45) is 0 Å². The van der Waals surface area contributed by atoms with E-state index in [1.807, 2.05) is 43.3 Å². The van der Waals surface area contributed by atoms with E-state index in [-0.39, 0.29) is 17.2 Å². The Bertz CT molecular complexity index is 1440. The molecule has 0 spiro atoms. The molecule has 1 saturated heterocycles. The molecule has 2 unspecified atom stereocenters. The minimum Gasteiger partial charge on any atom is -0.486 e. The molecule has 0 aliphatic carbocycles. The molecule has 2 aromatic carbocycles. The average Bonchev–Trinajstić information content (AvgIpc) is 3.51. The highest BCUT2D eigenvalue weighted by atomic mass is 32.1. The number of urea groups is 1. The number of aromatic nitrogens is 1. The molecule has 39 heavy (non-hydrogen) atoms. The number of carbonyl (C=O) groups excluding carboxylic acids is 3. The number of nitrogens with one attached hydrogen (secondary N) is 2. The number of benzene rings is 2. The van der Waals surface area contributed by atoms with E-state index >= 15 is 0 Å². The van der Waals surface area contributed by atoms with Crippen LogP contribution in [0.25, 0.3) is 0 Å². The first kappa shape index (κ1) is 26.0. The standard InChI is InChI=1S/C26H25N5O7S/c1-30(2)16-6-3-14(4-7-16)11-18(22(32)29-25-27-17(13-39-25)24(34)35)31-23(33)21(28-26(31)36)15-5-8-19-20(12-15)38-10-9-37-19/h3-8,12-13,18,21H,9-11H2,1-2H3,(H,28,36)(H,34,35)(H,27,29,32). The highest BCUT2D eigenvalue weighted by Gasteiger charge is 2.45. The monoisotopic (exact) mass is 551 g/mol. The number of ether oxygens (including phenoxy) is 2. The Kier molecular flexibility index (Phi) is 7.07. The summed E-state index contributed by atoms with van der Waals surface area (Å²) >= 11 is 0.931. The minimum absolute atomic E-state index is 0.0315. The van der Waals surface area contributed by atoms with Crippen molar-refractivity contribution in [3.63, 3.8) is 0 Å². The van der Waals surface area contributed by atoms with Gasteiger partial charge in [-0.1, -0.05) is 18.2 Å². The third kappa shape index (κ3) is 5.34. The zero-order chi connectivity index (χ0) is 27.7. The lowest BCUT2D eigenvalue weighted by atomic mass is 10.0. The van der Waals surface area contributed by atoms with Crippen molar-refractivity contribution in [1.82, 2.24) is 15.2 Å². The summed E-state index contributed by atoms with van der Waals surface area (Å²) in [5.74, 6) is -1.51. The summed E-state index contributed by atoms with van der Waals surface area (Å²) in [4.78, 5) is 58.1. The molecule has 1 fully saturated rings. The summed E-state index contributed by atoms with van der Waals surface area (Å²) in [5, 5.41) is 15.7. The summed E-state index contributed by atoms with van der Waals surface area (Å²) in [7, 11) is 3.80. The van der Waals surface area contributed by atoms with Crippen molar-refractivity contribution in [1.29, 1.82) is 0 Å². The van der Waals surface area contributed by atoms with Gasteiger partial charge in [0.1, 0.15) is 25.3 Å². The molecule has 12 nitrogen and oxygen atoms in total. The number of anilines is 2. The largest absolute Gasteiger partial charge is 0.486 e. The van der Waals surface area contributed by atoms with Crippen molar-refractivity contribution in [2.45, 2.75) is 18.5 Å². The summed E-state index contributed by atoms with van der Waals surface area (Å²) in [5.41, 5.74) is 1.92. The molecular weight excluding hydrogens is 526 g/mol. The number of imide groups is 1. The minimum atomic E-state index is -1.24. The molecule has 3 N–H and O–H groups in total. The van der Waals surface area contributed by atoms with Gasteiger partial charge in [0.25, 0.3) is 5.91 Å². The predicted molar refractivity (Wildman–Crippen MR) is 142 cm³/mol. The molecule has 202 valence electrons. The van der Waals surface area contributed by atoms with Crippen LogP contribution in [0.3, 0.4) is 0 Å². The zero-order valence-electron chi connectivity index (χ0n) is 21.0. The second kappa shape index (κ2) is 10.6. The van der Waals surface area contributed by atoms with Gasteiger partial charge in [-0.3, -0.25) is 9.59 Å². The maximum atomic E-state index is 13.6. The van der Waals surface area contributed by atoms with E-state index < -0.39 is 35.9 Å². The molecule has 5 rings (SSSR count). The van der Waals surface area contributed by atoms with Crippen LogP contribution >= 0.6 is 11.3 Å². The van der Waals surface area contributed by atoms with Crippen molar-refractivity contribution in [2.75, 3.05) is 37.5 Å². The number of hydrogen-bond acceptors (Lipinski definition) is 9. The molecule has 0 saturated carbocycles. The second-order valence-electron chi connectivity index (χ2n) is 9.11. The van der Waals surface area contributed by atoms with Crippen LogP contribution in [-0.4, -0.2) is 72.2 Å². The Balaban J connectivity index is 1.43. The predicted octanol–water partition coefficient (Wildman–Crippen LogP) is 2.52. The van der Waals surface area contributed by atoms with Gasteiger partial charge in [0.2, 0.25) is 5.91 Å². The highest BCUT2D eigenvalue weighted by Crippen LogP contribution is 2.35. The number of fused-ring (bicyclic) bond motifs is 1. The molecule has 0 bridgehead atoms. The lowest BCUT2D eigenvalue weighted by molar-refractivity contribution is -0.134. The van der Waals surface area contributed by atoms with Crippen LogP contribution < -0.4 is 25.0 Å². The maximum Gasteiger partial charge on any atom is 0.355 e. The van der Waals surface area contributed by atoms with Gasteiger partial charge in [-0.25, -0.2) is 19.5 Å². The van der Waals surface area contributed by atoms with Crippen molar-refractivity contribution >= 4 is 46.0 Å². The molecule has 3 aromatic rings. The Morgan fingerprint density at radius 2 is 1.87 bits per heavy atom. The topological polar surface area (TPSA) is 150 Å². The number of amides is 4. The van der Waals surface area contributed by atoms with Crippen molar-refractivity contribution < 1.29 is 33.8 Å². The van der Waals surface area contributed by atoms with Gasteiger partial charge in [0, 0.05) is 31.6 Å². The van der Waals surface area contributed by atoms with E-state index in [1.54, 1.807) is 18.2 Å². The van der Waals surface area contributed by atoms with Crippen LogP contribution in [0.5, 0.6) is 11.5 Å². The summed E-state index contributed by atoms with van der Waals surface area (Å²) in [6, 6.07) is 9.36.